The van der Waals surface area contributed by atoms with E-state index in [0.717, 1.165) is 31.0 Å². The zero-order valence-electron chi connectivity index (χ0n) is 16.8. The molecule has 1 aliphatic heterocycles. The highest BCUT2D eigenvalue weighted by atomic mass is 16.1. The highest BCUT2D eigenvalue weighted by Crippen LogP contribution is 2.27. The largest absolute Gasteiger partial charge is 0.348 e. The highest BCUT2D eigenvalue weighted by molar-refractivity contribution is 5.93. The number of carbonyl (C=O) groups is 1. The minimum atomic E-state index is -0.142. The molecule has 1 amide bonds. The molecule has 0 spiro atoms. The summed E-state index contributed by atoms with van der Waals surface area (Å²) in [6.07, 6.45) is 9.51. The number of anilines is 1. The molecule has 0 bridgehead atoms. The third kappa shape index (κ3) is 4.17. The van der Waals surface area contributed by atoms with Gasteiger partial charge in [0.2, 0.25) is 5.95 Å². The lowest BCUT2D eigenvalue weighted by molar-refractivity contribution is 0.0950. The minimum absolute atomic E-state index is 0.142. The summed E-state index contributed by atoms with van der Waals surface area (Å²) in [5.74, 6) is 0.453. The van der Waals surface area contributed by atoms with Gasteiger partial charge in [0.05, 0.1) is 5.56 Å². The molecule has 2 heterocycles. The molecule has 0 unspecified atom stereocenters. The van der Waals surface area contributed by atoms with Gasteiger partial charge in [0, 0.05) is 52.2 Å². The number of hydrogen-bond acceptors (Lipinski definition) is 5. The van der Waals surface area contributed by atoms with Crippen molar-refractivity contribution in [3.8, 4) is 0 Å². The number of nitrogens with one attached hydrogen (secondary N) is 1. The van der Waals surface area contributed by atoms with Crippen LogP contribution in [0.1, 0.15) is 46.3 Å². The second-order valence-corrected chi connectivity index (χ2v) is 8.07. The second-order valence-electron chi connectivity index (χ2n) is 8.07. The van der Waals surface area contributed by atoms with Crippen molar-refractivity contribution in [3.63, 3.8) is 0 Å². The predicted molar refractivity (Wildman–Crippen MR) is 111 cm³/mol. The molecule has 148 valence electrons. The Hall–Kier alpha value is -2.47. The first-order valence-electron chi connectivity index (χ1n) is 10.2. The summed E-state index contributed by atoms with van der Waals surface area (Å²) in [7, 11) is 3.75. The van der Waals surface area contributed by atoms with Crippen LogP contribution in [0.25, 0.3) is 0 Å². The fraction of sp³-hybridized carbons (Fsp3) is 0.500. The maximum atomic E-state index is 12.4. The van der Waals surface area contributed by atoms with Gasteiger partial charge in [-0.05, 0) is 42.4 Å². The number of amides is 1. The van der Waals surface area contributed by atoms with Gasteiger partial charge in [0.1, 0.15) is 0 Å². The van der Waals surface area contributed by atoms with Gasteiger partial charge in [-0.3, -0.25) is 9.69 Å². The fourth-order valence-corrected chi connectivity index (χ4v) is 3.98. The van der Waals surface area contributed by atoms with Crippen LogP contribution >= 0.6 is 0 Å². The maximum Gasteiger partial charge on any atom is 0.254 e. The molecule has 2 aromatic rings. The number of fused-ring (bicyclic) bond motifs is 1. The standard InChI is InChI=1S/C22H29N5O/c1-26(2)22-24-14-19(15-25-22)21(28)23-13-16-6-7-17-8-10-27(20-4-3-5-20)11-9-18(17)12-16/h6-7,12,14-15,20H,3-5,8-11,13H2,1-2H3,(H,23,28). The third-order valence-electron chi connectivity index (χ3n) is 5.95. The van der Waals surface area contributed by atoms with Crippen molar-refractivity contribution in [2.45, 2.75) is 44.7 Å². The van der Waals surface area contributed by atoms with E-state index in [1.807, 2.05) is 19.0 Å². The Morgan fingerprint density at radius 3 is 2.50 bits per heavy atom. The molecule has 0 atom stereocenters. The van der Waals surface area contributed by atoms with Crippen LogP contribution in [0, 0.1) is 0 Å². The monoisotopic (exact) mass is 379 g/mol. The summed E-state index contributed by atoms with van der Waals surface area (Å²) >= 11 is 0. The summed E-state index contributed by atoms with van der Waals surface area (Å²) in [5.41, 5.74) is 4.53. The van der Waals surface area contributed by atoms with Crippen molar-refractivity contribution >= 4 is 11.9 Å². The van der Waals surface area contributed by atoms with Gasteiger partial charge in [0.15, 0.2) is 0 Å². The van der Waals surface area contributed by atoms with E-state index in [4.69, 9.17) is 0 Å². The molecule has 28 heavy (non-hydrogen) atoms. The van der Waals surface area contributed by atoms with Crippen LogP contribution in [-0.2, 0) is 19.4 Å². The van der Waals surface area contributed by atoms with E-state index in [1.54, 1.807) is 12.4 Å². The molecule has 2 aliphatic rings. The van der Waals surface area contributed by atoms with Crippen molar-refractivity contribution in [3.05, 3.63) is 52.8 Å². The van der Waals surface area contributed by atoms with Crippen LogP contribution in [-0.4, -0.2) is 54.0 Å². The zero-order valence-corrected chi connectivity index (χ0v) is 16.8. The summed E-state index contributed by atoms with van der Waals surface area (Å²) in [4.78, 5) is 25.3. The molecule has 1 aromatic heterocycles. The van der Waals surface area contributed by atoms with Crippen molar-refractivity contribution in [1.82, 2.24) is 20.2 Å². The van der Waals surface area contributed by atoms with Crippen LogP contribution in [0.3, 0.4) is 0 Å². The molecule has 1 aromatic carbocycles. The minimum Gasteiger partial charge on any atom is -0.348 e. The Labute approximate surface area is 167 Å². The van der Waals surface area contributed by atoms with E-state index in [9.17, 15) is 4.79 Å². The molecular formula is C22H29N5O. The summed E-state index contributed by atoms with van der Waals surface area (Å²) in [5, 5.41) is 2.99. The highest BCUT2D eigenvalue weighted by Gasteiger charge is 2.26. The Kier molecular flexibility index (Phi) is 5.57. The average Bonchev–Trinajstić information content (AvgIpc) is 2.87. The Balaban J connectivity index is 1.35. The number of hydrogen-bond donors (Lipinski definition) is 1. The van der Waals surface area contributed by atoms with Crippen molar-refractivity contribution in [1.29, 1.82) is 0 Å². The van der Waals surface area contributed by atoms with Gasteiger partial charge >= 0.3 is 0 Å². The van der Waals surface area contributed by atoms with Crippen LogP contribution in [0.15, 0.2) is 30.6 Å². The molecule has 0 saturated heterocycles. The Morgan fingerprint density at radius 2 is 1.86 bits per heavy atom. The number of aromatic nitrogens is 2. The van der Waals surface area contributed by atoms with E-state index in [2.05, 4.69) is 38.4 Å². The SMILES string of the molecule is CN(C)c1ncc(C(=O)NCc2ccc3c(c2)CCN(C2CCC2)CC3)cn1. The van der Waals surface area contributed by atoms with E-state index in [1.165, 1.54) is 36.9 Å². The van der Waals surface area contributed by atoms with Gasteiger partial charge in [0.25, 0.3) is 5.91 Å². The molecule has 6 nitrogen and oxygen atoms in total. The molecule has 0 radical (unpaired) electrons. The van der Waals surface area contributed by atoms with Crippen LogP contribution < -0.4 is 10.2 Å². The van der Waals surface area contributed by atoms with Gasteiger partial charge in [-0.2, -0.15) is 0 Å². The van der Waals surface area contributed by atoms with Crippen LogP contribution in [0.5, 0.6) is 0 Å². The van der Waals surface area contributed by atoms with Crippen molar-refractivity contribution in [2.75, 3.05) is 32.1 Å². The zero-order chi connectivity index (χ0) is 19.5. The number of nitrogens with zero attached hydrogens (tertiary/aromatic N) is 4. The topological polar surface area (TPSA) is 61.4 Å². The second kappa shape index (κ2) is 8.27. The molecule has 1 fully saturated rings. The lowest BCUT2D eigenvalue weighted by atomic mass is 9.91. The third-order valence-corrected chi connectivity index (χ3v) is 5.95. The molecule has 1 N–H and O–H groups in total. The quantitative estimate of drug-likeness (QED) is 0.865. The van der Waals surface area contributed by atoms with Gasteiger partial charge in [-0.25, -0.2) is 9.97 Å². The first-order chi connectivity index (χ1) is 13.6. The number of benzene rings is 1. The van der Waals surface area contributed by atoms with Gasteiger partial charge in [-0.15, -0.1) is 0 Å². The van der Waals surface area contributed by atoms with E-state index in [0.29, 0.717) is 18.1 Å². The lowest BCUT2D eigenvalue weighted by Crippen LogP contribution is -2.41. The lowest BCUT2D eigenvalue weighted by Gasteiger charge is -2.36. The van der Waals surface area contributed by atoms with Crippen molar-refractivity contribution in [2.24, 2.45) is 0 Å². The van der Waals surface area contributed by atoms with E-state index in [-0.39, 0.29) is 5.91 Å². The van der Waals surface area contributed by atoms with E-state index < -0.39 is 0 Å². The van der Waals surface area contributed by atoms with Gasteiger partial charge < -0.3 is 10.2 Å². The van der Waals surface area contributed by atoms with Crippen LogP contribution in [0.4, 0.5) is 5.95 Å². The molecule has 6 heteroatoms. The summed E-state index contributed by atoms with van der Waals surface area (Å²) in [6, 6.07) is 7.47. The first kappa shape index (κ1) is 18.9. The molecular weight excluding hydrogens is 350 g/mol. The predicted octanol–water partition coefficient (Wildman–Crippen LogP) is 2.43. The Morgan fingerprint density at radius 1 is 1.14 bits per heavy atom. The Bertz CT molecular complexity index is 829. The van der Waals surface area contributed by atoms with Crippen LogP contribution in [0.2, 0.25) is 0 Å². The average molecular weight is 380 g/mol. The fourth-order valence-electron chi connectivity index (χ4n) is 3.98. The molecule has 1 aliphatic carbocycles. The molecule has 1 saturated carbocycles. The number of rotatable bonds is 5. The summed E-state index contributed by atoms with van der Waals surface area (Å²) in [6.45, 7) is 2.85. The smallest absolute Gasteiger partial charge is 0.254 e. The van der Waals surface area contributed by atoms with Gasteiger partial charge in [-0.1, -0.05) is 24.6 Å². The summed E-state index contributed by atoms with van der Waals surface area (Å²) < 4.78 is 0. The number of carbonyl (C=O) groups excluding carboxylic acids is 1. The molecule has 4 rings (SSSR count). The van der Waals surface area contributed by atoms with E-state index >= 15 is 0 Å². The van der Waals surface area contributed by atoms with Crippen molar-refractivity contribution < 1.29 is 4.79 Å². The maximum absolute atomic E-state index is 12.4. The first-order valence-corrected chi connectivity index (χ1v) is 10.2. The normalized spacial score (nSPS) is 17.4.